The number of methoxy groups -OCH3 is 2. The summed E-state index contributed by atoms with van der Waals surface area (Å²) in [4.78, 5) is 19.5. The number of benzene rings is 1. The fraction of sp³-hybridized carbons (Fsp3) is 0.609. The van der Waals surface area contributed by atoms with Gasteiger partial charge in [-0.05, 0) is 50.2 Å². The zero-order valence-corrected chi connectivity index (χ0v) is 17.3. The minimum Gasteiger partial charge on any atom is -0.468 e. The van der Waals surface area contributed by atoms with Crippen molar-refractivity contribution in [3.63, 3.8) is 0 Å². The zero-order chi connectivity index (χ0) is 19.7. The minimum absolute atomic E-state index is 0.0960. The van der Waals surface area contributed by atoms with Gasteiger partial charge in [0.25, 0.3) is 0 Å². The molecule has 1 saturated heterocycles. The van der Waals surface area contributed by atoms with Crippen LogP contribution in [0.3, 0.4) is 0 Å². The van der Waals surface area contributed by atoms with Gasteiger partial charge in [0.1, 0.15) is 5.41 Å². The lowest BCUT2D eigenvalue weighted by Gasteiger charge is -2.48. The maximum Gasteiger partial charge on any atom is 0.319 e. The summed E-state index contributed by atoms with van der Waals surface area (Å²) in [6.45, 7) is 5.07. The number of rotatable bonds is 6. The van der Waals surface area contributed by atoms with Gasteiger partial charge in [-0.25, -0.2) is 0 Å². The molecule has 152 valence electrons. The van der Waals surface area contributed by atoms with E-state index in [2.05, 4.69) is 41.1 Å². The number of esters is 1. The van der Waals surface area contributed by atoms with Crippen LogP contribution in [0.4, 0.5) is 0 Å². The maximum absolute atomic E-state index is 13.3. The average Bonchev–Trinajstić information content (AvgIpc) is 3.07. The molecule has 2 aliphatic rings. The van der Waals surface area contributed by atoms with Gasteiger partial charge in [0.15, 0.2) is 0 Å². The molecule has 0 saturated carbocycles. The highest BCUT2D eigenvalue weighted by atomic mass is 16.5. The van der Waals surface area contributed by atoms with Gasteiger partial charge in [-0.2, -0.15) is 0 Å². The molecule has 2 bridgehead atoms. The van der Waals surface area contributed by atoms with E-state index in [9.17, 15) is 4.79 Å². The Balaban J connectivity index is 1.76. The number of aromatic nitrogens is 1. The van der Waals surface area contributed by atoms with Crippen LogP contribution in [0.1, 0.15) is 43.9 Å². The summed E-state index contributed by atoms with van der Waals surface area (Å²) < 4.78 is 10.6. The predicted molar refractivity (Wildman–Crippen MR) is 111 cm³/mol. The largest absolute Gasteiger partial charge is 0.468 e. The number of carbonyl (C=O) groups excluding carboxylic acids is 1. The van der Waals surface area contributed by atoms with E-state index in [4.69, 9.17) is 9.47 Å². The molecular weight excluding hydrogens is 352 g/mol. The third-order valence-electron chi connectivity index (χ3n) is 7.03. The summed E-state index contributed by atoms with van der Waals surface area (Å²) in [5.74, 6) is 0.394. The van der Waals surface area contributed by atoms with Crippen molar-refractivity contribution in [2.75, 3.05) is 33.9 Å². The molecule has 4 rings (SSSR count). The Morgan fingerprint density at radius 3 is 2.89 bits per heavy atom. The minimum atomic E-state index is -0.621. The van der Waals surface area contributed by atoms with Gasteiger partial charge in [-0.1, -0.05) is 24.6 Å². The van der Waals surface area contributed by atoms with Crippen LogP contribution in [0.25, 0.3) is 10.9 Å². The quantitative estimate of drug-likeness (QED) is 0.610. The standard InChI is InChI=1S/C23H32N2O3/c1-16-23(22(26)28-3)14-17(8-6-7-13-27-2)15-25(16)12-11-19-18-9-4-5-10-20(18)24-21(19)23/h4-5,9-10,16-17,24H,6-8,11-15H2,1-3H3/t16?,17-,23?/m0/s1. The first-order valence-electron chi connectivity index (χ1n) is 10.5. The van der Waals surface area contributed by atoms with Gasteiger partial charge in [0, 0.05) is 49.4 Å². The molecule has 4 atom stereocenters. The summed E-state index contributed by atoms with van der Waals surface area (Å²) in [6, 6.07) is 8.55. The van der Waals surface area contributed by atoms with Crippen LogP contribution >= 0.6 is 0 Å². The molecule has 0 amide bonds. The average molecular weight is 385 g/mol. The van der Waals surface area contributed by atoms with Crippen LogP contribution in [0.2, 0.25) is 0 Å². The molecule has 3 unspecified atom stereocenters. The van der Waals surface area contributed by atoms with Crippen molar-refractivity contribution in [3.8, 4) is 0 Å². The summed E-state index contributed by atoms with van der Waals surface area (Å²) in [5.41, 5.74) is 2.90. The van der Waals surface area contributed by atoms with Crippen molar-refractivity contribution in [3.05, 3.63) is 35.5 Å². The number of nitrogens with zero attached hydrogens (tertiary/aromatic N) is 1. The lowest BCUT2D eigenvalue weighted by atomic mass is 9.67. The molecule has 5 nitrogen and oxygen atoms in total. The van der Waals surface area contributed by atoms with E-state index in [1.54, 1.807) is 7.11 Å². The molecular formula is C23H32N2O3. The number of fused-ring (bicyclic) bond motifs is 6. The molecule has 2 aromatic rings. The normalized spacial score (nSPS) is 29.3. The SMILES string of the molecule is COCCCC[C@@H]1CN2CCc3c([nH]c4ccccc34)C(C(=O)OC)(C1)C2C. The predicted octanol–water partition coefficient (Wildman–Crippen LogP) is 3.66. The summed E-state index contributed by atoms with van der Waals surface area (Å²) in [6.07, 6.45) is 5.16. The summed E-state index contributed by atoms with van der Waals surface area (Å²) in [5, 5.41) is 1.25. The van der Waals surface area contributed by atoms with Crippen molar-refractivity contribution in [1.29, 1.82) is 0 Å². The number of hydrogen-bond acceptors (Lipinski definition) is 4. The van der Waals surface area contributed by atoms with Crippen molar-refractivity contribution in [2.45, 2.75) is 50.5 Å². The Morgan fingerprint density at radius 1 is 1.29 bits per heavy atom. The highest BCUT2D eigenvalue weighted by Crippen LogP contribution is 2.47. The van der Waals surface area contributed by atoms with Gasteiger partial charge < -0.3 is 14.5 Å². The zero-order valence-electron chi connectivity index (χ0n) is 17.3. The van der Waals surface area contributed by atoms with Crippen molar-refractivity contribution in [2.24, 2.45) is 5.92 Å². The monoisotopic (exact) mass is 384 g/mol. The van der Waals surface area contributed by atoms with Gasteiger partial charge >= 0.3 is 5.97 Å². The molecule has 0 radical (unpaired) electrons. The first-order valence-corrected chi connectivity index (χ1v) is 10.5. The smallest absolute Gasteiger partial charge is 0.319 e. The lowest BCUT2D eigenvalue weighted by Crippen LogP contribution is -2.59. The van der Waals surface area contributed by atoms with E-state index < -0.39 is 5.41 Å². The van der Waals surface area contributed by atoms with Crippen LogP contribution < -0.4 is 0 Å². The Morgan fingerprint density at radius 2 is 2.11 bits per heavy atom. The number of para-hydroxylation sites is 1. The fourth-order valence-electron chi connectivity index (χ4n) is 5.59. The maximum atomic E-state index is 13.3. The number of H-pyrrole nitrogens is 1. The second-order valence-corrected chi connectivity index (χ2v) is 8.47. The molecule has 0 spiro atoms. The Hall–Kier alpha value is -1.85. The van der Waals surface area contributed by atoms with E-state index in [-0.39, 0.29) is 12.0 Å². The second kappa shape index (κ2) is 7.88. The van der Waals surface area contributed by atoms with E-state index in [0.717, 1.165) is 63.0 Å². The van der Waals surface area contributed by atoms with E-state index in [1.807, 2.05) is 0 Å². The van der Waals surface area contributed by atoms with Crippen LogP contribution in [-0.4, -0.2) is 55.8 Å². The molecule has 28 heavy (non-hydrogen) atoms. The molecule has 2 aliphatic heterocycles. The highest BCUT2D eigenvalue weighted by Gasteiger charge is 2.55. The van der Waals surface area contributed by atoms with E-state index >= 15 is 0 Å². The Labute approximate surface area is 167 Å². The third kappa shape index (κ3) is 3.05. The number of aromatic amines is 1. The molecule has 1 aromatic heterocycles. The van der Waals surface area contributed by atoms with Crippen LogP contribution in [0.15, 0.2) is 24.3 Å². The summed E-state index contributed by atoms with van der Waals surface area (Å²) >= 11 is 0. The second-order valence-electron chi connectivity index (χ2n) is 8.47. The fourth-order valence-corrected chi connectivity index (χ4v) is 5.59. The number of hydrogen-bond donors (Lipinski definition) is 1. The van der Waals surface area contributed by atoms with E-state index in [0.29, 0.717) is 5.92 Å². The van der Waals surface area contributed by atoms with Crippen molar-refractivity contribution in [1.82, 2.24) is 9.88 Å². The van der Waals surface area contributed by atoms with Gasteiger partial charge in [0.05, 0.1) is 7.11 Å². The molecule has 0 aliphatic carbocycles. The number of unbranched alkanes of at least 4 members (excludes halogenated alkanes) is 1. The molecule has 1 aromatic carbocycles. The first kappa shape index (κ1) is 19.5. The topological polar surface area (TPSA) is 54.6 Å². The molecule has 1 fully saturated rings. The van der Waals surface area contributed by atoms with Gasteiger partial charge in [-0.15, -0.1) is 0 Å². The molecule has 1 N–H and O–H groups in total. The first-order chi connectivity index (χ1) is 13.6. The number of carbonyl (C=O) groups is 1. The molecule has 3 heterocycles. The van der Waals surface area contributed by atoms with Gasteiger partial charge in [0.2, 0.25) is 0 Å². The summed E-state index contributed by atoms with van der Waals surface area (Å²) in [7, 11) is 3.29. The number of ether oxygens (including phenoxy) is 2. The van der Waals surface area contributed by atoms with Crippen LogP contribution in [0.5, 0.6) is 0 Å². The number of piperidine rings is 1. The Kier molecular flexibility index (Phi) is 5.48. The lowest BCUT2D eigenvalue weighted by molar-refractivity contribution is -0.154. The third-order valence-corrected chi connectivity index (χ3v) is 7.03. The van der Waals surface area contributed by atoms with Crippen molar-refractivity contribution >= 4 is 16.9 Å². The van der Waals surface area contributed by atoms with Crippen LogP contribution in [-0.2, 0) is 26.1 Å². The van der Waals surface area contributed by atoms with Gasteiger partial charge in [-0.3, -0.25) is 9.69 Å². The van der Waals surface area contributed by atoms with Crippen LogP contribution in [0, 0.1) is 5.92 Å². The van der Waals surface area contributed by atoms with E-state index in [1.165, 1.54) is 18.1 Å². The highest BCUT2D eigenvalue weighted by molar-refractivity contribution is 5.91. The Bertz CT molecular complexity index is 845. The number of nitrogens with one attached hydrogen (secondary N) is 1. The van der Waals surface area contributed by atoms with Crippen molar-refractivity contribution < 1.29 is 14.3 Å². The molecule has 5 heteroatoms.